The molecule has 0 radical (unpaired) electrons. The number of nitrogens with one attached hydrogen (secondary N) is 4. The van der Waals surface area contributed by atoms with Gasteiger partial charge in [-0.3, -0.25) is 0 Å². The van der Waals surface area contributed by atoms with E-state index in [0.29, 0.717) is 91.8 Å². The van der Waals surface area contributed by atoms with Gasteiger partial charge in [-0.05, 0) is 139 Å². The fourth-order valence-corrected chi connectivity index (χ4v) is 14.7. The summed E-state index contributed by atoms with van der Waals surface area (Å²) in [7, 11) is 0. The van der Waals surface area contributed by atoms with Gasteiger partial charge in [0.05, 0.1) is 0 Å². The van der Waals surface area contributed by atoms with Crippen molar-refractivity contribution in [3.05, 3.63) is 190 Å². The highest BCUT2D eigenvalue weighted by atomic mass is 15.1. The summed E-state index contributed by atoms with van der Waals surface area (Å²) in [6.45, 7) is 40.0. The molecular formula is C90H82N16. The predicted octanol–water partition coefficient (Wildman–Crippen LogP) is 21.2. The first-order chi connectivity index (χ1) is 50.2. The fourth-order valence-electron chi connectivity index (χ4n) is 14.7. The van der Waals surface area contributed by atoms with Gasteiger partial charge in [0.25, 0.3) is 0 Å². The van der Waals surface area contributed by atoms with E-state index < -0.39 is 0 Å². The van der Waals surface area contributed by atoms with E-state index in [0.717, 1.165) is 121 Å². The molecule has 4 aliphatic rings. The number of hydrogen-bond donors (Lipinski definition) is 4. The number of H-pyrrole nitrogens is 4. The zero-order valence-electron chi connectivity index (χ0n) is 63.2. The van der Waals surface area contributed by atoms with Crippen LogP contribution >= 0.6 is 0 Å². The monoisotopic (exact) mass is 1390 g/mol. The molecule has 0 saturated carbocycles. The molecule has 0 amide bonds. The van der Waals surface area contributed by atoms with Crippen molar-refractivity contribution in [2.45, 2.75) is 157 Å². The standard InChI is InChI=1S/C90H82N16/c1-85(2,3)47-23-31-55-63(39-47)81-97-71(55)93-77-61-37-45(21-29-53(61)69(91-77)95-79-65-41-49(87(7,8)9)25-33-57(65)73(99-79)103-83-67-43-51(89(13,14)15)27-35-59(67)75(101-81)105-83)19-20-46-22-30-54-62(38-46)78-92-70(54)96-80-66-42-50(88(10,11)12)26-34-58(66)74(100-80)104-84-68-44-52(90(16,17)18)28-36-60(68)76(106-84)102-82-64-40-48(86(4,5)6)24-32-56(64)72(94-78)98-82/h21-44H,1-18H3,(H2,91,93,95,97,99,101,103,105)(H2,92,94,96,98,100,102,104,106). The normalized spacial score (nSPS) is 13.1. The van der Waals surface area contributed by atoms with Gasteiger partial charge in [-0.15, -0.1) is 0 Å². The molecule has 0 saturated heterocycles. The lowest BCUT2D eigenvalue weighted by Crippen LogP contribution is -2.10. The molecule has 0 fully saturated rings. The summed E-state index contributed by atoms with van der Waals surface area (Å²) >= 11 is 0. The zero-order valence-corrected chi connectivity index (χ0v) is 63.2. The Bertz CT molecular complexity index is 6220. The highest BCUT2D eigenvalue weighted by Gasteiger charge is 2.30. The quantitative estimate of drug-likeness (QED) is 0.104. The van der Waals surface area contributed by atoms with Crippen LogP contribution in [-0.4, -0.2) is 79.7 Å². The number of hydrogen-bond acceptors (Lipinski definition) is 12. The van der Waals surface area contributed by atoms with E-state index in [1.54, 1.807) is 0 Å². The van der Waals surface area contributed by atoms with Gasteiger partial charge in [0.15, 0.2) is 46.6 Å². The minimum Gasteiger partial charge on any atom is -0.324 e. The maximum Gasteiger partial charge on any atom is 0.164 e. The topological polar surface area (TPSA) is 218 Å². The van der Waals surface area contributed by atoms with Gasteiger partial charge in [-0.2, -0.15) is 0 Å². The summed E-state index contributed by atoms with van der Waals surface area (Å²) in [4.78, 5) is 79.6. The molecule has 16 bridgehead atoms. The number of aromatic nitrogens is 16. The number of fused-ring (bicyclic) bond motifs is 40. The molecule has 8 aromatic carbocycles. The van der Waals surface area contributed by atoms with Gasteiger partial charge in [-0.1, -0.05) is 209 Å². The second-order valence-corrected chi connectivity index (χ2v) is 35.1. The molecule has 0 spiro atoms. The number of benzene rings is 8. The Balaban J connectivity index is 0.831. The largest absolute Gasteiger partial charge is 0.324 e. The van der Waals surface area contributed by atoms with Crippen molar-refractivity contribution >= 4 is 88.3 Å². The Morgan fingerprint density at radius 2 is 0.377 bits per heavy atom. The van der Waals surface area contributed by atoms with Gasteiger partial charge in [0, 0.05) is 98.7 Å². The van der Waals surface area contributed by atoms with Crippen LogP contribution in [0.4, 0.5) is 0 Å². The van der Waals surface area contributed by atoms with Gasteiger partial charge in [0.1, 0.15) is 45.2 Å². The lowest BCUT2D eigenvalue weighted by molar-refractivity contribution is 0.590. The number of rotatable bonds is 0. The van der Waals surface area contributed by atoms with E-state index in [2.05, 4.69) is 290 Å². The molecule has 0 unspecified atom stereocenters. The Morgan fingerprint density at radius 3 is 0.613 bits per heavy atom. The van der Waals surface area contributed by atoms with Crippen molar-refractivity contribution in [2.24, 2.45) is 0 Å². The average Bonchev–Trinajstić information content (AvgIpc) is 1.60. The van der Waals surface area contributed by atoms with Crippen LogP contribution in [0.5, 0.6) is 0 Å². The Kier molecular flexibility index (Phi) is 14.2. The highest BCUT2D eigenvalue weighted by molar-refractivity contribution is 6.09. The first-order valence-electron chi connectivity index (χ1n) is 36.5. The van der Waals surface area contributed by atoms with Crippen LogP contribution < -0.4 is 0 Å². The van der Waals surface area contributed by atoms with Crippen molar-refractivity contribution in [3.8, 4) is 103 Å². The molecule has 14 aromatic rings. The summed E-state index contributed by atoms with van der Waals surface area (Å²) in [5.74, 6) is 11.3. The Labute approximate surface area is 614 Å². The third-order valence-electron chi connectivity index (χ3n) is 21.2. The minimum atomic E-state index is -0.152. The second kappa shape index (κ2) is 22.8. The van der Waals surface area contributed by atoms with E-state index >= 15 is 0 Å². The van der Waals surface area contributed by atoms with E-state index in [-0.39, 0.29) is 32.5 Å². The summed E-state index contributed by atoms with van der Waals surface area (Å²) < 4.78 is 0. The average molecular weight is 1390 g/mol. The predicted molar refractivity (Wildman–Crippen MR) is 430 cm³/mol. The van der Waals surface area contributed by atoms with E-state index in [4.69, 9.17) is 59.8 Å². The molecule has 522 valence electrons. The minimum absolute atomic E-state index is 0.129. The van der Waals surface area contributed by atoms with Crippen LogP contribution in [0.25, 0.3) is 179 Å². The summed E-state index contributed by atoms with van der Waals surface area (Å²) in [5, 5.41) is 7.27. The van der Waals surface area contributed by atoms with Gasteiger partial charge >= 0.3 is 0 Å². The van der Waals surface area contributed by atoms with E-state index in [1.807, 2.05) is 12.1 Å². The molecule has 0 aliphatic carbocycles. The van der Waals surface area contributed by atoms with Crippen LogP contribution in [0.1, 0.15) is 169 Å². The van der Waals surface area contributed by atoms with Crippen molar-refractivity contribution in [1.29, 1.82) is 0 Å². The third-order valence-corrected chi connectivity index (χ3v) is 21.2. The number of aromatic amines is 4. The summed E-state index contributed by atoms with van der Waals surface area (Å²) in [6.07, 6.45) is 0. The molecule has 16 heteroatoms. The first kappa shape index (κ1) is 66.0. The van der Waals surface area contributed by atoms with Gasteiger partial charge in [0.2, 0.25) is 0 Å². The molecule has 4 N–H and O–H groups in total. The molecule has 18 rings (SSSR count). The Morgan fingerprint density at radius 1 is 0.189 bits per heavy atom. The maximum atomic E-state index is 5.48. The smallest absolute Gasteiger partial charge is 0.164 e. The van der Waals surface area contributed by atoms with Crippen molar-refractivity contribution in [2.75, 3.05) is 0 Å². The van der Waals surface area contributed by atoms with Crippen molar-refractivity contribution in [1.82, 2.24) is 79.7 Å². The van der Waals surface area contributed by atoms with Crippen LogP contribution in [-0.2, 0) is 32.5 Å². The molecule has 0 atom stereocenters. The molecule has 6 aromatic heterocycles. The zero-order chi connectivity index (χ0) is 73.8. The third kappa shape index (κ3) is 11.2. The van der Waals surface area contributed by atoms with E-state index in [9.17, 15) is 0 Å². The second-order valence-electron chi connectivity index (χ2n) is 35.1. The van der Waals surface area contributed by atoms with Gasteiger partial charge in [-0.25, -0.2) is 59.8 Å². The molecular weight excluding hydrogens is 1310 g/mol. The fraction of sp³-hybridized carbons (Fsp3) is 0.267. The lowest BCUT2D eigenvalue weighted by atomic mass is 9.85. The maximum absolute atomic E-state index is 5.48. The molecule has 106 heavy (non-hydrogen) atoms. The van der Waals surface area contributed by atoms with Gasteiger partial charge < -0.3 is 19.9 Å². The number of nitrogens with zero attached hydrogens (tertiary/aromatic N) is 12. The first-order valence-corrected chi connectivity index (χ1v) is 36.5. The van der Waals surface area contributed by atoms with Crippen molar-refractivity contribution in [3.63, 3.8) is 0 Å². The van der Waals surface area contributed by atoms with Crippen LogP contribution in [0, 0.1) is 11.8 Å². The summed E-state index contributed by atoms with van der Waals surface area (Å²) in [6, 6.07) is 51.6. The molecule has 10 heterocycles. The van der Waals surface area contributed by atoms with Crippen LogP contribution in [0.15, 0.2) is 146 Å². The molecule has 4 aliphatic heterocycles. The van der Waals surface area contributed by atoms with Crippen molar-refractivity contribution < 1.29 is 0 Å². The lowest BCUT2D eigenvalue weighted by Gasteiger charge is -2.19. The SMILES string of the molecule is CC(C)(C)c1ccc2c(c1)-c1nc-2nc2[nH]c(nc3nc(nc4[nH]c(n1)c1ccc(C(C)(C)C)cc41)-c1ccc(C#Cc4ccc5c(c4)-c4nc-5nc5[nH]c(nc6nc(nc7[nH]c(n4)c4ccc(C(C)(C)C)cc74)-c4ccc(C(C)(C)C)cc4-6)c4ccc(C(C)(C)C)cc54)cc1-3)c1ccc(C(C)(C)C)cc21. The highest BCUT2D eigenvalue weighted by Crippen LogP contribution is 2.44. The van der Waals surface area contributed by atoms with Crippen LogP contribution in [0.2, 0.25) is 0 Å². The molecule has 16 nitrogen and oxygen atoms in total. The Hall–Kier alpha value is -12.0. The summed E-state index contributed by atoms with van der Waals surface area (Å²) in [5.41, 5.74) is 19.4. The van der Waals surface area contributed by atoms with E-state index in [1.165, 1.54) is 11.1 Å². The van der Waals surface area contributed by atoms with Crippen LogP contribution in [0.3, 0.4) is 0 Å².